The van der Waals surface area contributed by atoms with Gasteiger partial charge in [0.05, 0.1) is 12.1 Å². The lowest BCUT2D eigenvalue weighted by Crippen LogP contribution is -2.43. The molecule has 1 N–H and O–H groups in total. The lowest BCUT2D eigenvalue weighted by atomic mass is 10.1. The van der Waals surface area contributed by atoms with Crippen LogP contribution in [0.1, 0.15) is 38.4 Å². The highest BCUT2D eigenvalue weighted by Gasteiger charge is 2.59. The Balaban J connectivity index is 1.87. The van der Waals surface area contributed by atoms with Crippen molar-refractivity contribution in [3.8, 4) is 0 Å². The first kappa shape index (κ1) is 13.1. The minimum atomic E-state index is -0.327. The minimum Gasteiger partial charge on any atom is -0.377 e. The van der Waals surface area contributed by atoms with Crippen LogP contribution in [0.4, 0.5) is 0 Å². The normalized spacial score (nSPS) is 25.3. The highest BCUT2D eigenvalue weighted by Crippen LogP contribution is 2.46. The summed E-state index contributed by atoms with van der Waals surface area (Å²) < 4.78 is 5.48. The molecule has 1 aliphatic heterocycles. The van der Waals surface area contributed by atoms with Gasteiger partial charge in [-0.05, 0) is 49.1 Å². The number of ether oxygens (including phenoxy) is 1. The van der Waals surface area contributed by atoms with E-state index >= 15 is 0 Å². The molecule has 1 aromatic heterocycles. The number of nitrogens with zero attached hydrogens (tertiary/aromatic N) is 1. The van der Waals surface area contributed by atoms with Gasteiger partial charge in [-0.2, -0.15) is 11.3 Å². The lowest BCUT2D eigenvalue weighted by molar-refractivity contribution is -0.134. The molecule has 1 atom stereocenters. The van der Waals surface area contributed by atoms with E-state index in [-0.39, 0.29) is 23.2 Å². The van der Waals surface area contributed by atoms with Gasteiger partial charge in [0.1, 0.15) is 11.7 Å². The van der Waals surface area contributed by atoms with Crippen LogP contribution < -0.4 is 5.32 Å². The summed E-state index contributed by atoms with van der Waals surface area (Å²) in [5.41, 5.74) is 0.566. The summed E-state index contributed by atoms with van der Waals surface area (Å²) >= 11 is 1.66. The summed E-state index contributed by atoms with van der Waals surface area (Å²) in [6, 6.07) is 2.09. The van der Waals surface area contributed by atoms with Gasteiger partial charge in [-0.15, -0.1) is 0 Å². The molecule has 5 heteroatoms. The predicted molar refractivity (Wildman–Crippen MR) is 75.0 cm³/mol. The highest BCUT2D eigenvalue weighted by molar-refractivity contribution is 7.07. The Morgan fingerprint density at radius 3 is 2.84 bits per heavy atom. The number of carbonyl (C=O) groups is 1. The first-order valence-corrected chi connectivity index (χ1v) is 7.58. The van der Waals surface area contributed by atoms with E-state index in [0.29, 0.717) is 6.54 Å². The SMILES string of the molecule is COC(C)(C)CN1C(=O)C2(CC2)NC1c1ccsc1. The lowest BCUT2D eigenvalue weighted by Gasteiger charge is -2.32. The van der Waals surface area contributed by atoms with E-state index in [1.165, 1.54) is 5.56 Å². The standard InChI is InChI=1S/C14H20N2O2S/c1-13(2,18-3)9-16-11(10-4-7-19-8-10)15-14(5-6-14)12(16)17/h4,7-8,11,15H,5-6,9H2,1-3H3. The van der Waals surface area contributed by atoms with Gasteiger partial charge in [-0.25, -0.2) is 0 Å². The van der Waals surface area contributed by atoms with Gasteiger partial charge in [-0.3, -0.25) is 10.1 Å². The summed E-state index contributed by atoms with van der Waals surface area (Å²) in [7, 11) is 1.69. The van der Waals surface area contributed by atoms with Crippen molar-refractivity contribution >= 4 is 17.2 Å². The van der Waals surface area contributed by atoms with E-state index in [0.717, 1.165) is 12.8 Å². The van der Waals surface area contributed by atoms with Crippen LogP contribution in [0.15, 0.2) is 16.8 Å². The maximum atomic E-state index is 12.6. The average Bonchev–Trinajstić information content (AvgIpc) is 2.86. The van der Waals surface area contributed by atoms with Crippen LogP contribution in [0.5, 0.6) is 0 Å². The largest absolute Gasteiger partial charge is 0.377 e. The number of hydrogen-bond donors (Lipinski definition) is 1. The van der Waals surface area contributed by atoms with Gasteiger partial charge in [0, 0.05) is 7.11 Å². The molecule has 19 heavy (non-hydrogen) atoms. The van der Waals surface area contributed by atoms with E-state index in [1.54, 1.807) is 18.4 Å². The second kappa shape index (κ2) is 4.30. The fourth-order valence-corrected chi connectivity index (χ4v) is 3.29. The van der Waals surface area contributed by atoms with Crippen molar-refractivity contribution in [2.75, 3.05) is 13.7 Å². The molecule has 104 valence electrons. The Labute approximate surface area is 117 Å². The summed E-state index contributed by atoms with van der Waals surface area (Å²) in [6.07, 6.45) is 1.91. The Bertz CT molecular complexity index is 480. The number of amides is 1. The van der Waals surface area contributed by atoms with Crippen LogP contribution in [0.2, 0.25) is 0 Å². The zero-order chi connectivity index (χ0) is 13.7. The predicted octanol–water partition coefficient (Wildman–Crippen LogP) is 2.14. The summed E-state index contributed by atoms with van der Waals surface area (Å²) in [4.78, 5) is 14.5. The summed E-state index contributed by atoms with van der Waals surface area (Å²) in [5, 5.41) is 7.68. The van der Waals surface area contributed by atoms with Crippen molar-refractivity contribution < 1.29 is 9.53 Å². The quantitative estimate of drug-likeness (QED) is 0.918. The first-order valence-electron chi connectivity index (χ1n) is 6.63. The molecule has 1 amide bonds. The smallest absolute Gasteiger partial charge is 0.244 e. The molecule has 1 saturated heterocycles. The van der Waals surface area contributed by atoms with Gasteiger partial charge in [0.15, 0.2) is 0 Å². The monoisotopic (exact) mass is 280 g/mol. The van der Waals surface area contributed by atoms with Crippen LogP contribution in [-0.2, 0) is 9.53 Å². The molecule has 1 saturated carbocycles. The summed E-state index contributed by atoms with van der Waals surface area (Å²) in [6.45, 7) is 4.64. The molecular weight excluding hydrogens is 260 g/mol. The van der Waals surface area contributed by atoms with E-state index < -0.39 is 0 Å². The Hall–Kier alpha value is -0.910. The molecular formula is C14H20N2O2S. The molecule has 1 aromatic rings. The molecule has 1 aliphatic carbocycles. The van der Waals surface area contributed by atoms with Crippen LogP contribution in [0, 0.1) is 0 Å². The van der Waals surface area contributed by atoms with Gasteiger partial charge < -0.3 is 9.64 Å². The van der Waals surface area contributed by atoms with Crippen molar-refractivity contribution in [2.24, 2.45) is 0 Å². The van der Waals surface area contributed by atoms with Crippen molar-refractivity contribution in [3.63, 3.8) is 0 Å². The Morgan fingerprint density at radius 1 is 1.58 bits per heavy atom. The molecule has 2 fully saturated rings. The number of thiophene rings is 1. The molecule has 4 nitrogen and oxygen atoms in total. The van der Waals surface area contributed by atoms with Crippen LogP contribution in [0.3, 0.4) is 0 Å². The Morgan fingerprint density at radius 2 is 2.32 bits per heavy atom. The number of hydrogen-bond acceptors (Lipinski definition) is 4. The molecule has 0 aromatic carbocycles. The number of nitrogens with one attached hydrogen (secondary N) is 1. The maximum absolute atomic E-state index is 12.6. The summed E-state index contributed by atoms with van der Waals surface area (Å²) in [5.74, 6) is 0.230. The Kier molecular flexibility index (Phi) is 2.96. The first-order chi connectivity index (χ1) is 8.97. The molecule has 1 unspecified atom stereocenters. The topological polar surface area (TPSA) is 41.6 Å². The average molecular weight is 280 g/mol. The van der Waals surface area contributed by atoms with E-state index in [2.05, 4.69) is 22.1 Å². The third-order valence-corrected chi connectivity index (χ3v) is 4.81. The van der Waals surface area contributed by atoms with Gasteiger partial charge in [-0.1, -0.05) is 0 Å². The fraction of sp³-hybridized carbons (Fsp3) is 0.643. The van der Waals surface area contributed by atoms with Crippen molar-refractivity contribution in [1.82, 2.24) is 10.2 Å². The van der Waals surface area contributed by atoms with Gasteiger partial charge in [0.2, 0.25) is 5.91 Å². The third kappa shape index (κ3) is 2.20. The van der Waals surface area contributed by atoms with Crippen molar-refractivity contribution in [3.05, 3.63) is 22.4 Å². The zero-order valence-electron chi connectivity index (χ0n) is 11.6. The van der Waals surface area contributed by atoms with E-state index in [4.69, 9.17) is 4.74 Å². The zero-order valence-corrected chi connectivity index (χ0v) is 12.4. The molecule has 0 radical (unpaired) electrons. The molecule has 2 heterocycles. The van der Waals surface area contributed by atoms with E-state index in [9.17, 15) is 4.79 Å². The van der Waals surface area contributed by atoms with E-state index in [1.807, 2.05) is 18.7 Å². The fourth-order valence-electron chi connectivity index (χ4n) is 2.61. The van der Waals surface area contributed by atoms with Crippen LogP contribution in [-0.4, -0.2) is 35.6 Å². The van der Waals surface area contributed by atoms with Crippen LogP contribution >= 0.6 is 11.3 Å². The second-order valence-corrected chi connectivity index (χ2v) is 6.86. The highest BCUT2D eigenvalue weighted by atomic mass is 32.1. The van der Waals surface area contributed by atoms with Gasteiger partial charge in [0.25, 0.3) is 0 Å². The van der Waals surface area contributed by atoms with Crippen LogP contribution in [0.25, 0.3) is 0 Å². The number of rotatable bonds is 4. The number of methoxy groups -OCH3 is 1. The maximum Gasteiger partial charge on any atom is 0.244 e. The molecule has 1 spiro atoms. The third-order valence-electron chi connectivity index (χ3n) is 4.11. The number of carbonyl (C=O) groups excluding carboxylic acids is 1. The minimum absolute atomic E-state index is 0.00400. The van der Waals surface area contributed by atoms with Crippen molar-refractivity contribution in [1.29, 1.82) is 0 Å². The second-order valence-electron chi connectivity index (χ2n) is 6.08. The van der Waals surface area contributed by atoms with Gasteiger partial charge >= 0.3 is 0 Å². The van der Waals surface area contributed by atoms with Crippen molar-refractivity contribution in [2.45, 2.75) is 44.0 Å². The molecule has 3 rings (SSSR count). The molecule has 2 aliphatic rings. The molecule has 0 bridgehead atoms.